The molecule has 1 aliphatic carbocycles. The van der Waals surface area contributed by atoms with E-state index < -0.39 is 5.54 Å². The minimum absolute atomic E-state index is 0.0439. The third-order valence-electron chi connectivity index (χ3n) is 5.06. The van der Waals surface area contributed by atoms with E-state index in [9.17, 15) is 4.79 Å². The Balaban J connectivity index is 1.95. The van der Waals surface area contributed by atoms with Crippen LogP contribution in [0.15, 0.2) is 0 Å². The van der Waals surface area contributed by atoms with Crippen LogP contribution >= 0.6 is 0 Å². The predicted octanol–water partition coefficient (Wildman–Crippen LogP) is 1.20. The lowest BCUT2D eigenvalue weighted by atomic mass is 9.54. The van der Waals surface area contributed by atoms with Gasteiger partial charge in [0.25, 0.3) is 0 Å². The summed E-state index contributed by atoms with van der Waals surface area (Å²) in [6, 6.07) is 0.175. The Morgan fingerprint density at radius 3 is 2.75 bits per heavy atom. The number of nitrogens with one attached hydrogen (secondary N) is 1. The van der Waals surface area contributed by atoms with Crippen LogP contribution in [-0.2, 0) is 14.3 Å². The highest BCUT2D eigenvalue weighted by Crippen LogP contribution is 2.49. The number of hydrogen-bond acceptors (Lipinski definition) is 4. The van der Waals surface area contributed by atoms with Crippen LogP contribution in [0.25, 0.3) is 0 Å². The Hall–Kier alpha value is -0.650. The highest BCUT2D eigenvalue weighted by atomic mass is 16.5. The van der Waals surface area contributed by atoms with Crippen LogP contribution in [0.5, 0.6) is 0 Å². The maximum Gasteiger partial charge on any atom is 0.241 e. The lowest BCUT2D eigenvalue weighted by molar-refractivity contribution is -0.171. The van der Waals surface area contributed by atoms with Crippen LogP contribution in [0.3, 0.4) is 0 Å². The number of amides is 1. The average molecular weight is 284 g/mol. The summed E-state index contributed by atoms with van der Waals surface area (Å²) >= 11 is 0. The normalized spacial score (nSPS) is 40.0. The van der Waals surface area contributed by atoms with Gasteiger partial charge in [0, 0.05) is 31.1 Å². The van der Waals surface area contributed by atoms with Gasteiger partial charge in [0.1, 0.15) is 5.54 Å². The van der Waals surface area contributed by atoms with Gasteiger partial charge in [-0.2, -0.15) is 0 Å². The van der Waals surface area contributed by atoms with E-state index in [1.165, 1.54) is 0 Å². The molecular formula is C15H28N2O3. The molecule has 2 aliphatic rings. The summed E-state index contributed by atoms with van der Waals surface area (Å²) in [5.74, 6) is -0.0439. The van der Waals surface area contributed by atoms with E-state index >= 15 is 0 Å². The zero-order valence-electron chi connectivity index (χ0n) is 13.1. The van der Waals surface area contributed by atoms with E-state index in [-0.39, 0.29) is 29.6 Å². The van der Waals surface area contributed by atoms with Crippen molar-refractivity contribution >= 4 is 5.91 Å². The first kappa shape index (κ1) is 15.7. The quantitative estimate of drug-likeness (QED) is 0.813. The first-order chi connectivity index (χ1) is 9.31. The molecule has 1 saturated heterocycles. The first-order valence-electron chi connectivity index (χ1n) is 7.64. The molecule has 0 radical (unpaired) electrons. The summed E-state index contributed by atoms with van der Waals surface area (Å²) < 4.78 is 11.2. The molecule has 5 nitrogen and oxygen atoms in total. The third-order valence-corrected chi connectivity index (χ3v) is 5.06. The van der Waals surface area contributed by atoms with E-state index in [0.717, 1.165) is 12.8 Å². The summed E-state index contributed by atoms with van der Waals surface area (Å²) in [6.07, 6.45) is 2.59. The fourth-order valence-corrected chi connectivity index (χ4v) is 3.26. The second kappa shape index (κ2) is 5.62. The van der Waals surface area contributed by atoms with Crippen molar-refractivity contribution in [2.45, 2.75) is 70.7 Å². The first-order valence-corrected chi connectivity index (χ1v) is 7.64. The topological polar surface area (TPSA) is 73.6 Å². The van der Waals surface area contributed by atoms with Gasteiger partial charge in [-0.1, -0.05) is 13.8 Å². The van der Waals surface area contributed by atoms with Crippen LogP contribution in [0.1, 0.15) is 47.0 Å². The summed E-state index contributed by atoms with van der Waals surface area (Å²) in [4.78, 5) is 12.6. The van der Waals surface area contributed by atoms with Crippen molar-refractivity contribution in [2.75, 3.05) is 13.2 Å². The van der Waals surface area contributed by atoms with E-state index in [0.29, 0.717) is 19.6 Å². The smallest absolute Gasteiger partial charge is 0.241 e. The van der Waals surface area contributed by atoms with Crippen molar-refractivity contribution in [3.8, 4) is 0 Å². The molecule has 0 aromatic rings. The fraction of sp³-hybridized carbons (Fsp3) is 0.933. The molecule has 1 amide bonds. The van der Waals surface area contributed by atoms with Crippen molar-refractivity contribution in [1.29, 1.82) is 0 Å². The molecule has 0 aromatic heterocycles. The van der Waals surface area contributed by atoms with Crippen molar-refractivity contribution in [3.05, 3.63) is 0 Å². The predicted molar refractivity (Wildman–Crippen MR) is 77.3 cm³/mol. The summed E-state index contributed by atoms with van der Waals surface area (Å²) in [5, 5.41) is 3.11. The summed E-state index contributed by atoms with van der Waals surface area (Å²) in [7, 11) is 0. The van der Waals surface area contributed by atoms with E-state index in [4.69, 9.17) is 15.2 Å². The summed E-state index contributed by atoms with van der Waals surface area (Å²) in [6.45, 7) is 9.40. The molecule has 1 aliphatic heterocycles. The SMILES string of the molecule is CCOC1CC(N)(C(=O)NC2CCOC(C)C2)C1(C)C. The number of carbonyl (C=O) groups excluding carboxylic acids is 1. The van der Waals surface area contributed by atoms with Crippen LogP contribution in [0.4, 0.5) is 0 Å². The molecule has 0 bridgehead atoms. The molecule has 3 N–H and O–H groups in total. The van der Waals surface area contributed by atoms with Gasteiger partial charge in [0.05, 0.1) is 12.2 Å². The standard InChI is InChI=1S/C15H28N2O3/c1-5-19-12-9-15(16,14(12,3)4)13(18)17-11-6-7-20-10(2)8-11/h10-12H,5-9,16H2,1-4H3,(H,17,18). The van der Waals surface area contributed by atoms with E-state index in [2.05, 4.69) is 5.32 Å². The molecule has 2 fully saturated rings. The number of ether oxygens (including phenoxy) is 2. The Kier molecular flexibility index (Phi) is 4.42. The summed E-state index contributed by atoms with van der Waals surface area (Å²) in [5.41, 5.74) is 5.22. The van der Waals surface area contributed by atoms with Crippen molar-refractivity contribution < 1.29 is 14.3 Å². The second-order valence-corrected chi connectivity index (χ2v) is 6.72. The number of rotatable bonds is 4. The molecule has 4 atom stereocenters. The molecule has 1 saturated carbocycles. The number of hydrogen-bond donors (Lipinski definition) is 2. The third kappa shape index (κ3) is 2.59. The minimum atomic E-state index is -0.825. The molecule has 0 spiro atoms. The molecular weight excluding hydrogens is 256 g/mol. The van der Waals surface area contributed by atoms with E-state index in [1.54, 1.807) is 0 Å². The van der Waals surface area contributed by atoms with E-state index in [1.807, 2.05) is 27.7 Å². The number of carbonyl (C=O) groups is 1. The van der Waals surface area contributed by atoms with Gasteiger partial charge in [0.2, 0.25) is 5.91 Å². The Morgan fingerprint density at radius 1 is 1.50 bits per heavy atom. The maximum absolute atomic E-state index is 12.6. The fourth-order valence-electron chi connectivity index (χ4n) is 3.26. The van der Waals surface area contributed by atoms with Gasteiger partial charge in [-0.25, -0.2) is 0 Å². The molecule has 4 unspecified atom stereocenters. The van der Waals surface area contributed by atoms with Crippen molar-refractivity contribution in [2.24, 2.45) is 11.1 Å². The van der Waals surface area contributed by atoms with Crippen LogP contribution in [0, 0.1) is 5.41 Å². The average Bonchev–Trinajstić information content (AvgIpc) is 2.38. The lowest BCUT2D eigenvalue weighted by Crippen LogP contribution is -2.76. The van der Waals surface area contributed by atoms with Gasteiger partial charge in [-0.05, 0) is 26.7 Å². The Labute approximate surface area is 121 Å². The zero-order valence-corrected chi connectivity index (χ0v) is 13.1. The van der Waals surface area contributed by atoms with Gasteiger partial charge in [-0.15, -0.1) is 0 Å². The van der Waals surface area contributed by atoms with Crippen LogP contribution in [0.2, 0.25) is 0 Å². The van der Waals surface area contributed by atoms with Crippen molar-refractivity contribution in [1.82, 2.24) is 5.32 Å². The van der Waals surface area contributed by atoms with Gasteiger partial charge in [0.15, 0.2) is 0 Å². The molecule has 5 heteroatoms. The minimum Gasteiger partial charge on any atom is -0.378 e. The van der Waals surface area contributed by atoms with Gasteiger partial charge < -0.3 is 20.5 Å². The highest BCUT2D eigenvalue weighted by molar-refractivity contribution is 5.89. The van der Waals surface area contributed by atoms with Gasteiger partial charge >= 0.3 is 0 Å². The second-order valence-electron chi connectivity index (χ2n) is 6.72. The van der Waals surface area contributed by atoms with Crippen molar-refractivity contribution in [3.63, 3.8) is 0 Å². The highest BCUT2D eigenvalue weighted by Gasteiger charge is 2.63. The molecule has 2 rings (SSSR count). The Bertz CT molecular complexity index is 372. The number of nitrogens with two attached hydrogens (primary N) is 1. The zero-order chi connectivity index (χ0) is 15.0. The molecule has 20 heavy (non-hydrogen) atoms. The van der Waals surface area contributed by atoms with Crippen LogP contribution in [-0.4, -0.2) is 42.9 Å². The monoisotopic (exact) mass is 284 g/mol. The maximum atomic E-state index is 12.6. The molecule has 0 aromatic carbocycles. The largest absolute Gasteiger partial charge is 0.378 e. The van der Waals surface area contributed by atoms with Crippen LogP contribution < -0.4 is 11.1 Å². The van der Waals surface area contributed by atoms with Gasteiger partial charge in [-0.3, -0.25) is 4.79 Å². The molecule has 1 heterocycles. The Morgan fingerprint density at radius 2 is 2.20 bits per heavy atom. The molecule has 116 valence electrons. The lowest BCUT2D eigenvalue weighted by Gasteiger charge is -2.57.